The van der Waals surface area contributed by atoms with Crippen molar-refractivity contribution in [1.82, 2.24) is 9.80 Å². The normalized spacial score (nSPS) is 15.2. The predicted octanol–water partition coefficient (Wildman–Crippen LogP) is 4.65. The molecule has 1 aliphatic rings. The minimum atomic E-state index is -0.204. The van der Waals surface area contributed by atoms with E-state index in [2.05, 4.69) is 15.1 Å². The van der Waals surface area contributed by atoms with Crippen LogP contribution in [0.15, 0.2) is 42.5 Å². The molecule has 1 heterocycles. The van der Waals surface area contributed by atoms with Crippen LogP contribution in [0.4, 0.5) is 10.1 Å². The standard InChI is InChI=1S/C18H18Cl2FN3S/c19-15-2-1-3-16(17(15)20)22-18(25)24-10-8-23(9-11-24)12-13-4-6-14(21)7-5-13/h1-7H,8-12H2,(H,22,25). The summed E-state index contributed by atoms with van der Waals surface area (Å²) in [5.41, 5.74) is 1.83. The van der Waals surface area contributed by atoms with Gasteiger partial charge in [0.15, 0.2) is 5.11 Å². The van der Waals surface area contributed by atoms with Gasteiger partial charge in [0.05, 0.1) is 15.7 Å². The highest BCUT2D eigenvalue weighted by molar-refractivity contribution is 7.80. The van der Waals surface area contributed by atoms with E-state index in [0.717, 1.165) is 38.3 Å². The summed E-state index contributed by atoms with van der Waals surface area (Å²) >= 11 is 17.7. The summed E-state index contributed by atoms with van der Waals surface area (Å²) in [4.78, 5) is 4.45. The highest BCUT2D eigenvalue weighted by Crippen LogP contribution is 2.29. The van der Waals surface area contributed by atoms with Gasteiger partial charge in [-0.05, 0) is 42.0 Å². The molecule has 25 heavy (non-hydrogen) atoms. The Morgan fingerprint density at radius 2 is 1.72 bits per heavy atom. The molecule has 0 radical (unpaired) electrons. The number of anilines is 1. The van der Waals surface area contributed by atoms with Gasteiger partial charge in [-0.2, -0.15) is 0 Å². The van der Waals surface area contributed by atoms with E-state index in [4.69, 9.17) is 35.4 Å². The van der Waals surface area contributed by atoms with Gasteiger partial charge in [-0.15, -0.1) is 0 Å². The van der Waals surface area contributed by atoms with Gasteiger partial charge in [0.2, 0.25) is 0 Å². The second-order valence-electron chi connectivity index (χ2n) is 5.92. The maximum atomic E-state index is 13.0. The predicted molar refractivity (Wildman–Crippen MR) is 106 cm³/mol. The van der Waals surface area contributed by atoms with Gasteiger partial charge in [-0.1, -0.05) is 41.4 Å². The monoisotopic (exact) mass is 397 g/mol. The average molecular weight is 398 g/mol. The molecule has 3 nitrogen and oxygen atoms in total. The van der Waals surface area contributed by atoms with Crippen molar-refractivity contribution in [2.24, 2.45) is 0 Å². The van der Waals surface area contributed by atoms with Gasteiger partial charge in [-0.3, -0.25) is 4.90 Å². The van der Waals surface area contributed by atoms with Gasteiger partial charge in [0.25, 0.3) is 0 Å². The summed E-state index contributed by atoms with van der Waals surface area (Å²) in [6, 6.07) is 12.1. The first-order valence-corrected chi connectivity index (χ1v) is 9.16. The smallest absolute Gasteiger partial charge is 0.173 e. The summed E-state index contributed by atoms with van der Waals surface area (Å²) in [6.07, 6.45) is 0. The Morgan fingerprint density at radius 3 is 2.40 bits per heavy atom. The minimum absolute atomic E-state index is 0.204. The Balaban J connectivity index is 1.52. The van der Waals surface area contributed by atoms with E-state index in [1.807, 2.05) is 24.3 Å². The number of nitrogens with zero attached hydrogens (tertiary/aromatic N) is 2. The fraction of sp³-hybridized carbons (Fsp3) is 0.278. The Hall–Kier alpha value is -1.40. The van der Waals surface area contributed by atoms with Crippen LogP contribution in [0.3, 0.4) is 0 Å². The molecule has 0 aliphatic carbocycles. The molecule has 2 aromatic rings. The van der Waals surface area contributed by atoms with Gasteiger partial charge in [0.1, 0.15) is 5.82 Å². The maximum absolute atomic E-state index is 13.0. The Labute approximate surface area is 162 Å². The highest BCUT2D eigenvalue weighted by Gasteiger charge is 2.19. The zero-order valence-electron chi connectivity index (χ0n) is 13.5. The number of hydrogen-bond acceptors (Lipinski definition) is 2. The van der Waals surface area contributed by atoms with Crippen LogP contribution in [0.2, 0.25) is 10.0 Å². The second-order valence-corrected chi connectivity index (χ2v) is 7.09. The fourth-order valence-corrected chi connectivity index (χ4v) is 3.39. The van der Waals surface area contributed by atoms with Crippen LogP contribution in [-0.2, 0) is 6.54 Å². The van der Waals surface area contributed by atoms with Crippen molar-refractivity contribution in [1.29, 1.82) is 0 Å². The molecular weight excluding hydrogens is 380 g/mol. The lowest BCUT2D eigenvalue weighted by Crippen LogP contribution is -2.49. The van der Waals surface area contributed by atoms with Gasteiger partial charge >= 0.3 is 0 Å². The molecule has 1 fully saturated rings. The summed E-state index contributed by atoms with van der Waals surface area (Å²) in [7, 11) is 0. The molecule has 132 valence electrons. The largest absolute Gasteiger partial charge is 0.346 e. The Morgan fingerprint density at radius 1 is 1.04 bits per heavy atom. The van der Waals surface area contributed by atoms with E-state index in [9.17, 15) is 4.39 Å². The summed E-state index contributed by atoms with van der Waals surface area (Å²) in [6.45, 7) is 4.25. The second kappa shape index (κ2) is 8.32. The number of hydrogen-bond donors (Lipinski definition) is 1. The SMILES string of the molecule is Fc1ccc(CN2CCN(C(=S)Nc3cccc(Cl)c3Cl)CC2)cc1. The van der Waals surface area contributed by atoms with Crippen LogP contribution < -0.4 is 5.32 Å². The van der Waals surface area contributed by atoms with Crippen molar-refractivity contribution in [3.8, 4) is 0 Å². The number of rotatable bonds is 3. The molecular formula is C18H18Cl2FN3S. The first kappa shape index (κ1) is 18.4. The maximum Gasteiger partial charge on any atom is 0.173 e. The first-order valence-electron chi connectivity index (χ1n) is 7.99. The number of benzene rings is 2. The summed E-state index contributed by atoms with van der Waals surface area (Å²) < 4.78 is 13.0. The van der Waals surface area contributed by atoms with Crippen molar-refractivity contribution in [2.45, 2.75) is 6.54 Å². The number of nitrogens with one attached hydrogen (secondary N) is 1. The first-order chi connectivity index (χ1) is 12.0. The number of piperazine rings is 1. The topological polar surface area (TPSA) is 18.5 Å². The Bertz CT molecular complexity index is 746. The van der Waals surface area contributed by atoms with Gasteiger partial charge in [-0.25, -0.2) is 4.39 Å². The third-order valence-corrected chi connectivity index (χ3v) is 5.35. The van der Waals surface area contributed by atoms with Crippen LogP contribution in [0.25, 0.3) is 0 Å². The lowest BCUT2D eigenvalue weighted by molar-refractivity contribution is 0.177. The van der Waals surface area contributed by atoms with Crippen LogP contribution in [0.1, 0.15) is 5.56 Å². The third-order valence-electron chi connectivity index (χ3n) is 4.17. The average Bonchev–Trinajstić information content (AvgIpc) is 2.61. The molecule has 1 N–H and O–H groups in total. The zero-order valence-corrected chi connectivity index (χ0v) is 15.8. The molecule has 2 aromatic carbocycles. The van der Waals surface area contributed by atoms with E-state index in [0.29, 0.717) is 20.8 Å². The van der Waals surface area contributed by atoms with Crippen molar-refractivity contribution in [3.63, 3.8) is 0 Å². The van der Waals surface area contributed by atoms with Crippen LogP contribution in [0.5, 0.6) is 0 Å². The minimum Gasteiger partial charge on any atom is -0.346 e. The molecule has 7 heteroatoms. The van der Waals surface area contributed by atoms with E-state index >= 15 is 0 Å². The molecule has 0 aromatic heterocycles. The van der Waals surface area contributed by atoms with Crippen molar-refractivity contribution in [3.05, 3.63) is 63.9 Å². The quantitative estimate of drug-likeness (QED) is 0.759. The highest BCUT2D eigenvalue weighted by atomic mass is 35.5. The number of thiocarbonyl (C=S) groups is 1. The molecule has 0 unspecified atom stereocenters. The zero-order chi connectivity index (χ0) is 17.8. The Kier molecular flexibility index (Phi) is 6.12. The number of halogens is 3. The van der Waals surface area contributed by atoms with Gasteiger partial charge < -0.3 is 10.2 Å². The molecule has 1 aliphatic heterocycles. The van der Waals surface area contributed by atoms with Crippen molar-refractivity contribution < 1.29 is 4.39 Å². The van der Waals surface area contributed by atoms with E-state index in [1.54, 1.807) is 6.07 Å². The lowest BCUT2D eigenvalue weighted by atomic mass is 10.2. The molecule has 3 rings (SSSR count). The summed E-state index contributed by atoms with van der Waals surface area (Å²) in [5.74, 6) is -0.204. The van der Waals surface area contributed by atoms with Crippen LogP contribution in [0, 0.1) is 5.82 Å². The lowest BCUT2D eigenvalue weighted by Gasteiger charge is -2.36. The van der Waals surface area contributed by atoms with Crippen LogP contribution in [-0.4, -0.2) is 41.1 Å². The molecule has 0 bridgehead atoms. The molecule has 0 saturated carbocycles. The molecule has 0 atom stereocenters. The third kappa shape index (κ3) is 4.82. The van der Waals surface area contributed by atoms with E-state index in [1.165, 1.54) is 12.1 Å². The summed E-state index contributed by atoms with van der Waals surface area (Å²) in [5, 5.41) is 4.79. The van der Waals surface area contributed by atoms with Crippen molar-refractivity contribution >= 4 is 46.2 Å². The van der Waals surface area contributed by atoms with Gasteiger partial charge in [0, 0.05) is 32.7 Å². The molecule has 0 amide bonds. The molecule has 1 saturated heterocycles. The van der Waals surface area contributed by atoms with E-state index in [-0.39, 0.29) is 5.82 Å². The van der Waals surface area contributed by atoms with Crippen molar-refractivity contribution in [2.75, 3.05) is 31.5 Å². The molecule has 0 spiro atoms. The fourth-order valence-electron chi connectivity index (χ4n) is 2.75. The van der Waals surface area contributed by atoms with E-state index < -0.39 is 0 Å². The van der Waals surface area contributed by atoms with Crippen LogP contribution >= 0.6 is 35.4 Å².